The van der Waals surface area contributed by atoms with Gasteiger partial charge < -0.3 is 5.11 Å². The fourth-order valence-electron chi connectivity index (χ4n) is 1.00. The number of aliphatic hydroxyl groups is 1. The average molecular weight is 185 g/mol. The molecule has 0 aliphatic heterocycles. The van der Waals surface area contributed by atoms with E-state index in [0.29, 0.717) is 10.7 Å². The van der Waals surface area contributed by atoms with Crippen LogP contribution in [0.1, 0.15) is 18.2 Å². The standard InChI is InChI=1S/C8H9ClN2O/c1-3-4-7(12)8-6(9)5-10-11(8)2/h1,5,7,12H,4H2,2H3. The van der Waals surface area contributed by atoms with Gasteiger partial charge in [-0.3, -0.25) is 4.68 Å². The maximum atomic E-state index is 9.48. The molecule has 0 radical (unpaired) electrons. The molecule has 12 heavy (non-hydrogen) atoms. The molecule has 64 valence electrons. The summed E-state index contributed by atoms with van der Waals surface area (Å²) >= 11 is 5.76. The Morgan fingerprint density at radius 3 is 3.00 bits per heavy atom. The van der Waals surface area contributed by atoms with E-state index >= 15 is 0 Å². The number of rotatable bonds is 2. The van der Waals surface area contributed by atoms with Gasteiger partial charge in [0.15, 0.2) is 0 Å². The normalized spacial score (nSPS) is 12.5. The molecule has 4 heteroatoms. The third-order valence-electron chi connectivity index (χ3n) is 1.56. The Balaban J connectivity index is 2.94. The van der Waals surface area contributed by atoms with Crippen molar-refractivity contribution in [3.63, 3.8) is 0 Å². The molecule has 0 bridgehead atoms. The minimum absolute atomic E-state index is 0.249. The van der Waals surface area contributed by atoms with E-state index in [2.05, 4.69) is 11.0 Å². The van der Waals surface area contributed by atoms with E-state index in [1.165, 1.54) is 10.9 Å². The molecule has 0 amide bonds. The van der Waals surface area contributed by atoms with E-state index in [1.807, 2.05) is 0 Å². The number of halogens is 1. The molecule has 1 rings (SSSR count). The molecule has 0 saturated heterocycles. The van der Waals surface area contributed by atoms with Crippen LogP contribution in [-0.2, 0) is 7.05 Å². The second-order valence-electron chi connectivity index (χ2n) is 2.43. The van der Waals surface area contributed by atoms with E-state index in [-0.39, 0.29) is 6.42 Å². The highest BCUT2D eigenvalue weighted by molar-refractivity contribution is 6.31. The van der Waals surface area contributed by atoms with E-state index in [1.54, 1.807) is 7.05 Å². The van der Waals surface area contributed by atoms with Gasteiger partial charge in [0, 0.05) is 13.5 Å². The highest BCUT2D eigenvalue weighted by atomic mass is 35.5. The molecule has 0 aromatic carbocycles. The van der Waals surface area contributed by atoms with Crippen molar-refractivity contribution in [3.05, 3.63) is 16.9 Å². The van der Waals surface area contributed by atoms with Gasteiger partial charge in [0.2, 0.25) is 0 Å². The Bertz CT molecular complexity index is 294. The minimum Gasteiger partial charge on any atom is -0.386 e. The summed E-state index contributed by atoms with van der Waals surface area (Å²) in [7, 11) is 1.71. The Labute approximate surface area is 76.0 Å². The minimum atomic E-state index is -0.727. The van der Waals surface area contributed by atoms with Crippen molar-refractivity contribution in [2.45, 2.75) is 12.5 Å². The Hall–Kier alpha value is -0.980. The van der Waals surface area contributed by atoms with Gasteiger partial charge in [-0.25, -0.2) is 0 Å². The van der Waals surface area contributed by atoms with Gasteiger partial charge in [-0.1, -0.05) is 11.6 Å². The van der Waals surface area contributed by atoms with Gasteiger partial charge >= 0.3 is 0 Å². The zero-order chi connectivity index (χ0) is 9.14. The lowest BCUT2D eigenvalue weighted by Gasteiger charge is -2.07. The summed E-state index contributed by atoms with van der Waals surface area (Å²) in [5.41, 5.74) is 0.564. The van der Waals surface area contributed by atoms with Crippen molar-refractivity contribution in [3.8, 4) is 12.3 Å². The molecule has 0 fully saturated rings. The molecule has 1 heterocycles. The first kappa shape index (κ1) is 9.11. The molecule has 1 atom stereocenters. The van der Waals surface area contributed by atoms with Crippen molar-refractivity contribution < 1.29 is 5.11 Å². The van der Waals surface area contributed by atoms with Crippen LogP contribution in [0.3, 0.4) is 0 Å². The highest BCUT2D eigenvalue weighted by Crippen LogP contribution is 2.23. The number of terminal acetylenes is 1. The summed E-state index contributed by atoms with van der Waals surface area (Å²) < 4.78 is 1.52. The number of aliphatic hydroxyl groups excluding tert-OH is 1. The van der Waals surface area contributed by atoms with Crippen LogP contribution in [0.2, 0.25) is 5.02 Å². The molecule has 1 aromatic heterocycles. The monoisotopic (exact) mass is 184 g/mol. The zero-order valence-corrected chi connectivity index (χ0v) is 7.41. The predicted octanol–water partition coefficient (Wildman–Crippen LogP) is 1.13. The SMILES string of the molecule is C#CCC(O)c1c(Cl)cnn1C. The van der Waals surface area contributed by atoms with Crippen molar-refractivity contribution in [2.24, 2.45) is 7.05 Å². The molecule has 0 aliphatic rings. The van der Waals surface area contributed by atoms with Gasteiger partial charge in [0.25, 0.3) is 0 Å². The third-order valence-corrected chi connectivity index (χ3v) is 1.86. The summed E-state index contributed by atoms with van der Waals surface area (Å²) in [6.45, 7) is 0. The molecule has 1 aromatic rings. The summed E-state index contributed by atoms with van der Waals surface area (Å²) in [6, 6.07) is 0. The Kier molecular flexibility index (Phi) is 2.74. The predicted molar refractivity (Wildman–Crippen MR) is 46.6 cm³/mol. The largest absolute Gasteiger partial charge is 0.386 e. The topological polar surface area (TPSA) is 38.1 Å². The van der Waals surface area contributed by atoms with Crippen molar-refractivity contribution in [1.82, 2.24) is 9.78 Å². The van der Waals surface area contributed by atoms with Crippen molar-refractivity contribution in [1.29, 1.82) is 0 Å². The van der Waals surface area contributed by atoms with Crippen LogP contribution in [0.5, 0.6) is 0 Å². The lowest BCUT2D eigenvalue weighted by molar-refractivity contribution is 0.174. The van der Waals surface area contributed by atoms with Crippen LogP contribution in [0, 0.1) is 12.3 Å². The van der Waals surface area contributed by atoms with E-state index in [0.717, 1.165) is 0 Å². The van der Waals surface area contributed by atoms with Crippen LogP contribution in [-0.4, -0.2) is 14.9 Å². The van der Waals surface area contributed by atoms with Gasteiger partial charge in [-0.15, -0.1) is 12.3 Å². The van der Waals surface area contributed by atoms with Gasteiger partial charge in [-0.2, -0.15) is 5.10 Å². The summed E-state index contributed by atoms with van der Waals surface area (Å²) in [6.07, 6.45) is 6.06. The van der Waals surface area contributed by atoms with E-state index in [9.17, 15) is 5.11 Å². The van der Waals surface area contributed by atoms with Crippen LogP contribution in [0.25, 0.3) is 0 Å². The van der Waals surface area contributed by atoms with Crippen LogP contribution >= 0.6 is 11.6 Å². The Morgan fingerprint density at radius 2 is 2.58 bits per heavy atom. The summed E-state index contributed by atoms with van der Waals surface area (Å²) in [4.78, 5) is 0. The summed E-state index contributed by atoms with van der Waals surface area (Å²) in [5.74, 6) is 2.36. The molecule has 1 unspecified atom stereocenters. The average Bonchev–Trinajstić information content (AvgIpc) is 2.32. The number of hydrogen-bond acceptors (Lipinski definition) is 2. The molecule has 0 saturated carbocycles. The molecule has 0 spiro atoms. The van der Waals surface area contributed by atoms with Gasteiger partial charge in [0.1, 0.15) is 6.10 Å². The van der Waals surface area contributed by atoms with E-state index < -0.39 is 6.10 Å². The van der Waals surface area contributed by atoms with Crippen LogP contribution in [0.15, 0.2) is 6.20 Å². The Morgan fingerprint density at radius 1 is 1.92 bits per heavy atom. The first-order valence-corrected chi connectivity index (χ1v) is 3.83. The highest BCUT2D eigenvalue weighted by Gasteiger charge is 2.14. The first-order valence-electron chi connectivity index (χ1n) is 3.45. The van der Waals surface area contributed by atoms with Crippen LogP contribution in [0.4, 0.5) is 0 Å². The second kappa shape index (κ2) is 3.61. The maximum Gasteiger partial charge on any atom is 0.108 e. The molecule has 1 N–H and O–H groups in total. The fraction of sp³-hybridized carbons (Fsp3) is 0.375. The molecular weight excluding hydrogens is 176 g/mol. The lowest BCUT2D eigenvalue weighted by atomic mass is 10.2. The smallest absolute Gasteiger partial charge is 0.108 e. The van der Waals surface area contributed by atoms with E-state index in [4.69, 9.17) is 18.0 Å². The van der Waals surface area contributed by atoms with Crippen LogP contribution < -0.4 is 0 Å². The number of nitrogens with zero attached hydrogens (tertiary/aromatic N) is 2. The van der Waals surface area contributed by atoms with Crippen molar-refractivity contribution >= 4 is 11.6 Å². The lowest BCUT2D eigenvalue weighted by Crippen LogP contribution is -2.04. The van der Waals surface area contributed by atoms with Gasteiger partial charge in [0.05, 0.1) is 16.9 Å². The molecular formula is C8H9ClN2O. The number of aromatic nitrogens is 2. The maximum absolute atomic E-state index is 9.48. The molecule has 0 aliphatic carbocycles. The zero-order valence-electron chi connectivity index (χ0n) is 6.66. The summed E-state index contributed by atoms with van der Waals surface area (Å²) in [5, 5.41) is 13.8. The quantitative estimate of drug-likeness (QED) is 0.700. The third kappa shape index (κ3) is 1.60. The van der Waals surface area contributed by atoms with Gasteiger partial charge in [-0.05, 0) is 0 Å². The van der Waals surface area contributed by atoms with Crippen molar-refractivity contribution in [2.75, 3.05) is 0 Å². The second-order valence-corrected chi connectivity index (χ2v) is 2.83. The number of hydrogen-bond donors (Lipinski definition) is 1. The molecule has 3 nitrogen and oxygen atoms in total. The number of aryl methyl sites for hydroxylation is 1. The fourth-order valence-corrected chi connectivity index (χ4v) is 1.30. The first-order chi connectivity index (χ1) is 5.66.